The topological polar surface area (TPSA) is 76.0 Å². The molecule has 4 fully saturated rings. The van der Waals surface area contributed by atoms with Crippen LogP contribution in [0.1, 0.15) is 71.6 Å². The van der Waals surface area contributed by atoms with Gasteiger partial charge in [0.05, 0.1) is 11.8 Å². The molecule has 1 amide bonds. The number of halogens is 1. The summed E-state index contributed by atoms with van der Waals surface area (Å²) in [6.07, 6.45) is 8.26. The highest BCUT2D eigenvalue weighted by Gasteiger charge is 2.60. The average Bonchev–Trinajstić information content (AvgIpc) is 3.01. The van der Waals surface area contributed by atoms with E-state index in [1.165, 1.54) is 6.42 Å². The highest BCUT2D eigenvalue weighted by atomic mass is 35.5. The normalized spacial score (nSPS) is 43.7. The Morgan fingerprint density at radius 1 is 1.17 bits per heavy atom. The summed E-state index contributed by atoms with van der Waals surface area (Å²) >= 11 is 5.62. The summed E-state index contributed by atoms with van der Waals surface area (Å²) < 4.78 is 5.62. The van der Waals surface area contributed by atoms with E-state index >= 15 is 0 Å². The lowest BCUT2D eigenvalue weighted by molar-refractivity contribution is -0.142. The summed E-state index contributed by atoms with van der Waals surface area (Å²) in [6, 6.07) is 0. The smallest absolute Gasteiger partial charge is 0.433 e. The third-order valence-electron chi connectivity index (χ3n) is 9.20. The molecule has 0 spiro atoms. The van der Waals surface area contributed by atoms with E-state index in [1.54, 1.807) is 0 Å². The molecule has 0 saturated heterocycles. The molecule has 4 aliphatic carbocycles. The number of nitrogens with zero attached hydrogens (tertiary/aromatic N) is 2. The van der Waals surface area contributed by atoms with Gasteiger partial charge in [-0.3, -0.25) is 4.79 Å². The minimum atomic E-state index is -0.680. The van der Waals surface area contributed by atoms with E-state index < -0.39 is 6.09 Å². The van der Waals surface area contributed by atoms with Crippen LogP contribution in [-0.4, -0.2) is 35.4 Å². The number of fused-ring (bicyclic) bond motifs is 5. The van der Waals surface area contributed by atoms with Crippen LogP contribution < -0.4 is 0 Å². The Bertz CT molecular complexity index is 688. The highest BCUT2D eigenvalue weighted by Crippen LogP contribution is 2.65. The Morgan fingerprint density at radius 3 is 2.69 bits per heavy atom. The first-order valence-electron chi connectivity index (χ1n) is 11.2. The van der Waals surface area contributed by atoms with Crippen LogP contribution >= 0.6 is 11.6 Å². The van der Waals surface area contributed by atoms with E-state index in [0.717, 1.165) is 56.4 Å². The molecule has 7 atom stereocenters. The fourth-order valence-corrected chi connectivity index (χ4v) is 7.71. The van der Waals surface area contributed by atoms with Crippen molar-refractivity contribution in [1.29, 1.82) is 0 Å². The van der Waals surface area contributed by atoms with Gasteiger partial charge in [-0.15, -0.1) is 16.5 Å². The molecule has 0 N–H and O–H groups in total. The number of carbonyl (C=O) groups is 2. The second-order valence-corrected chi connectivity index (χ2v) is 10.6. The van der Waals surface area contributed by atoms with Crippen molar-refractivity contribution >= 4 is 23.5 Å². The average molecular weight is 425 g/mol. The number of Topliss-reactive ketones (excluding diaryl/α,β-unsaturated/α-hetero) is 1. The van der Waals surface area contributed by atoms with Crippen LogP contribution in [0.25, 0.3) is 0 Å². The molecule has 4 saturated carbocycles. The van der Waals surface area contributed by atoms with Gasteiger partial charge in [-0.1, -0.05) is 13.8 Å². The predicted octanol–water partition coefficient (Wildman–Crippen LogP) is 5.33. The zero-order valence-corrected chi connectivity index (χ0v) is 18.3. The Morgan fingerprint density at radius 2 is 1.97 bits per heavy atom. The Labute approximate surface area is 178 Å². The summed E-state index contributed by atoms with van der Waals surface area (Å²) in [7, 11) is 0. The molecule has 7 heteroatoms. The predicted molar refractivity (Wildman–Crippen MR) is 110 cm³/mol. The van der Waals surface area contributed by atoms with Crippen molar-refractivity contribution in [2.24, 2.45) is 39.8 Å². The van der Waals surface area contributed by atoms with Crippen molar-refractivity contribution in [3.63, 3.8) is 0 Å². The third kappa shape index (κ3) is 3.39. The molecule has 162 valence electrons. The van der Waals surface area contributed by atoms with Gasteiger partial charge in [0.25, 0.3) is 0 Å². The van der Waals surface area contributed by atoms with E-state index in [4.69, 9.17) is 16.3 Å². The fraction of sp³-hybridized carbons (Fsp3) is 0.909. The Kier molecular flexibility index (Phi) is 5.69. The van der Waals surface area contributed by atoms with Gasteiger partial charge in [0.2, 0.25) is 0 Å². The van der Waals surface area contributed by atoms with Gasteiger partial charge < -0.3 is 4.74 Å². The van der Waals surface area contributed by atoms with Gasteiger partial charge >= 0.3 is 6.09 Å². The Hall–Kier alpha value is -1.17. The quantitative estimate of drug-likeness (QED) is 0.347. The molecule has 6 nitrogen and oxygen atoms in total. The number of carbonyl (C=O) groups excluding carboxylic acids is 2. The maximum Gasteiger partial charge on any atom is 0.433 e. The number of hydrogen-bond acceptors (Lipinski definition) is 5. The number of rotatable bonds is 4. The number of amides is 1. The maximum atomic E-state index is 12.5. The minimum Gasteiger partial charge on any atom is -0.445 e. The van der Waals surface area contributed by atoms with Gasteiger partial charge in [0.15, 0.2) is 0 Å². The molecule has 0 aromatic rings. The van der Waals surface area contributed by atoms with Crippen LogP contribution in [0.15, 0.2) is 5.29 Å². The highest BCUT2D eigenvalue weighted by molar-refractivity contribution is 6.18. The molecule has 4 aliphatic rings. The molecule has 0 heterocycles. The van der Waals surface area contributed by atoms with E-state index in [2.05, 4.69) is 19.1 Å². The second kappa shape index (κ2) is 7.82. The zero-order valence-electron chi connectivity index (χ0n) is 17.6. The number of alkyl halides is 1. The number of nitroso groups, excluding NO2 is 1. The van der Waals surface area contributed by atoms with Crippen molar-refractivity contribution in [3.05, 3.63) is 4.91 Å². The molecule has 29 heavy (non-hydrogen) atoms. The van der Waals surface area contributed by atoms with Crippen molar-refractivity contribution in [3.8, 4) is 0 Å². The van der Waals surface area contributed by atoms with Gasteiger partial charge in [-0.05, 0) is 80.5 Å². The SMILES string of the molecule is C[C@]12CC[C@@H](OC(=O)N(CCCl)N=O)C[C@@H]1CC[C@@H]1[C@@H]2CC[C@]2(C)C(=O)CC[C@@H]12. The van der Waals surface area contributed by atoms with Crippen LogP contribution in [0.3, 0.4) is 0 Å². The first kappa shape index (κ1) is 21.1. The van der Waals surface area contributed by atoms with Gasteiger partial charge in [-0.25, -0.2) is 4.79 Å². The lowest BCUT2D eigenvalue weighted by atomic mass is 9.45. The minimum absolute atomic E-state index is 0.0698. The summed E-state index contributed by atoms with van der Waals surface area (Å²) in [5, 5.41) is 3.51. The monoisotopic (exact) mass is 424 g/mol. The number of ketones is 1. The Balaban J connectivity index is 1.43. The fourth-order valence-electron chi connectivity index (χ4n) is 7.55. The number of ether oxygens (including phenoxy) is 1. The van der Waals surface area contributed by atoms with Crippen molar-refractivity contribution in [2.45, 2.75) is 77.7 Å². The lowest BCUT2D eigenvalue weighted by Gasteiger charge is -2.60. The summed E-state index contributed by atoms with van der Waals surface area (Å²) in [6.45, 7) is 4.74. The first-order valence-corrected chi connectivity index (χ1v) is 11.8. The first-order chi connectivity index (χ1) is 13.8. The third-order valence-corrected chi connectivity index (χ3v) is 9.37. The lowest BCUT2D eigenvalue weighted by Crippen LogP contribution is -2.54. The number of hydrogen-bond donors (Lipinski definition) is 0. The van der Waals surface area contributed by atoms with Crippen LogP contribution in [-0.2, 0) is 9.53 Å². The maximum absolute atomic E-state index is 12.5. The summed E-state index contributed by atoms with van der Waals surface area (Å²) in [4.78, 5) is 35.6. The van der Waals surface area contributed by atoms with Gasteiger partial charge in [-0.2, -0.15) is 5.01 Å². The van der Waals surface area contributed by atoms with Gasteiger partial charge in [0.1, 0.15) is 11.9 Å². The standard InChI is InChI=1S/C22H33ClN2O4/c1-21-9-7-15(29-20(27)25(24-28)12-11-23)13-14(21)3-4-16-17-5-6-19(26)22(17,2)10-8-18(16)21/h14-18H,3-13H2,1-2H3/t14-,15+,16-,17-,18-,21-,22-/m0/s1. The van der Waals surface area contributed by atoms with E-state index in [9.17, 15) is 14.5 Å². The van der Waals surface area contributed by atoms with Crippen LogP contribution in [0.2, 0.25) is 0 Å². The molecular formula is C22H33ClN2O4. The van der Waals surface area contributed by atoms with Crippen molar-refractivity contribution in [1.82, 2.24) is 5.01 Å². The molecule has 0 aromatic heterocycles. The molecule has 0 aromatic carbocycles. The zero-order chi connectivity index (χ0) is 20.8. The van der Waals surface area contributed by atoms with Crippen molar-refractivity contribution < 1.29 is 14.3 Å². The largest absolute Gasteiger partial charge is 0.445 e. The second-order valence-electron chi connectivity index (χ2n) is 10.2. The van der Waals surface area contributed by atoms with Crippen LogP contribution in [0.5, 0.6) is 0 Å². The molecule has 0 radical (unpaired) electrons. The molecule has 0 bridgehead atoms. The molecule has 0 aliphatic heterocycles. The van der Waals surface area contributed by atoms with E-state index in [-0.39, 0.29) is 29.4 Å². The van der Waals surface area contributed by atoms with Crippen molar-refractivity contribution in [2.75, 3.05) is 12.4 Å². The molecule has 4 rings (SSSR count). The summed E-state index contributed by atoms with van der Waals surface area (Å²) in [5.41, 5.74) is 0.183. The van der Waals surface area contributed by atoms with Crippen LogP contribution in [0, 0.1) is 39.4 Å². The van der Waals surface area contributed by atoms with Crippen LogP contribution in [0.4, 0.5) is 4.79 Å². The van der Waals surface area contributed by atoms with E-state index in [0.29, 0.717) is 29.5 Å². The van der Waals surface area contributed by atoms with Gasteiger partial charge in [0, 0.05) is 17.7 Å². The molecule has 0 unspecified atom stereocenters. The van der Waals surface area contributed by atoms with E-state index in [1.807, 2.05) is 0 Å². The summed E-state index contributed by atoms with van der Waals surface area (Å²) in [5.74, 6) is 3.07. The molecular weight excluding hydrogens is 392 g/mol.